The van der Waals surface area contributed by atoms with Gasteiger partial charge in [-0.05, 0) is 30.2 Å². The van der Waals surface area contributed by atoms with Crippen LogP contribution in [-0.4, -0.2) is 21.7 Å². The largest absolute Gasteiger partial charge is 0.384 e. The van der Waals surface area contributed by atoms with Crippen molar-refractivity contribution in [2.75, 3.05) is 11.9 Å². The summed E-state index contributed by atoms with van der Waals surface area (Å²) in [5.74, 6) is 1.53. The number of nitrogens with one attached hydrogen (secondary N) is 2. The summed E-state index contributed by atoms with van der Waals surface area (Å²) in [7, 11) is 0. The molecule has 3 heterocycles. The molecule has 1 aromatic carbocycles. The third-order valence-electron chi connectivity index (χ3n) is 3.65. The second kappa shape index (κ2) is 4.52. The van der Waals surface area contributed by atoms with Gasteiger partial charge in [0.05, 0.1) is 11.6 Å². The van der Waals surface area contributed by atoms with Crippen molar-refractivity contribution in [3.8, 4) is 11.5 Å². The second-order valence-electron chi connectivity index (χ2n) is 4.98. The molecule has 0 aliphatic carbocycles. The van der Waals surface area contributed by atoms with E-state index < -0.39 is 0 Å². The van der Waals surface area contributed by atoms with Gasteiger partial charge in [-0.15, -0.1) is 0 Å². The zero-order valence-corrected chi connectivity index (χ0v) is 10.8. The molecule has 5 heteroatoms. The summed E-state index contributed by atoms with van der Waals surface area (Å²) in [6.45, 7) is 0.823. The van der Waals surface area contributed by atoms with Crippen LogP contribution in [0.15, 0.2) is 47.1 Å². The summed E-state index contributed by atoms with van der Waals surface area (Å²) in [6, 6.07) is 12.2. The molecule has 0 amide bonds. The topological polar surface area (TPSA) is 66.7 Å². The van der Waals surface area contributed by atoms with Crippen molar-refractivity contribution >= 4 is 5.69 Å². The average molecular weight is 266 g/mol. The number of H-pyrrole nitrogens is 1. The predicted octanol–water partition coefficient (Wildman–Crippen LogP) is 2.82. The first kappa shape index (κ1) is 11.3. The van der Waals surface area contributed by atoms with Gasteiger partial charge in [0.2, 0.25) is 11.7 Å². The number of aromatic amines is 1. The van der Waals surface area contributed by atoms with E-state index in [2.05, 4.69) is 38.6 Å². The third kappa shape index (κ3) is 1.87. The van der Waals surface area contributed by atoms with Gasteiger partial charge in [-0.1, -0.05) is 23.4 Å². The Morgan fingerprint density at radius 1 is 1.15 bits per heavy atom. The molecule has 1 aliphatic rings. The van der Waals surface area contributed by atoms with Gasteiger partial charge in [0.15, 0.2) is 0 Å². The fraction of sp³-hybridized carbons (Fsp3) is 0.200. The summed E-state index contributed by atoms with van der Waals surface area (Å²) < 4.78 is 5.42. The Morgan fingerprint density at radius 3 is 3.00 bits per heavy atom. The summed E-state index contributed by atoms with van der Waals surface area (Å²) in [4.78, 5) is 7.58. The zero-order chi connectivity index (χ0) is 13.4. The van der Waals surface area contributed by atoms with Crippen LogP contribution in [0.25, 0.3) is 11.5 Å². The van der Waals surface area contributed by atoms with Crippen molar-refractivity contribution in [2.45, 2.75) is 12.3 Å². The Labute approximate surface area is 116 Å². The molecule has 20 heavy (non-hydrogen) atoms. The first-order valence-electron chi connectivity index (χ1n) is 6.69. The standard InChI is InChI=1S/C15H14N4O/c1-2-5-12-10(4-1)8-11(9-17-12)15-18-14(19-20-15)13-6-3-7-16-13/h1-7,11,16-17H,8-9H2. The van der Waals surface area contributed by atoms with E-state index >= 15 is 0 Å². The fourth-order valence-electron chi connectivity index (χ4n) is 2.60. The quantitative estimate of drug-likeness (QED) is 0.748. The number of hydrogen-bond donors (Lipinski definition) is 2. The van der Waals surface area contributed by atoms with Crippen molar-refractivity contribution in [2.24, 2.45) is 0 Å². The van der Waals surface area contributed by atoms with Gasteiger partial charge in [-0.3, -0.25) is 0 Å². The lowest BCUT2D eigenvalue weighted by Gasteiger charge is -2.23. The first-order chi connectivity index (χ1) is 9.90. The first-order valence-corrected chi connectivity index (χ1v) is 6.69. The Morgan fingerprint density at radius 2 is 2.10 bits per heavy atom. The molecule has 4 rings (SSSR count). The zero-order valence-electron chi connectivity index (χ0n) is 10.8. The summed E-state index contributed by atoms with van der Waals surface area (Å²) >= 11 is 0. The lowest BCUT2D eigenvalue weighted by molar-refractivity contribution is 0.354. The Bertz CT molecular complexity index is 717. The molecule has 0 bridgehead atoms. The lowest BCUT2D eigenvalue weighted by atomic mass is 9.94. The molecule has 100 valence electrons. The van der Waals surface area contributed by atoms with Crippen molar-refractivity contribution in [3.63, 3.8) is 0 Å². The second-order valence-corrected chi connectivity index (χ2v) is 4.98. The van der Waals surface area contributed by atoms with Gasteiger partial charge in [0.25, 0.3) is 0 Å². The number of rotatable bonds is 2. The van der Waals surface area contributed by atoms with Crippen LogP contribution in [0.2, 0.25) is 0 Å². The van der Waals surface area contributed by atoms with Crippen molar-refractivity contribution in [3.05, 3.63) is 54.0 Å². The van der Waals surface area contributed by atoms with Gasteiger partial charge in [0, 0.05) is 18.4 Å². The van der Waals surface area contributed by atoms with E-state index in [-0.39, 0.29) is 5.92 Å². The van der Waals surface area contributed by atoms with Crippen LogP contribution in [0.5, 0.6) is 0 Å². The molecular formula is C15H14N4O. The van der Waals surface area contributed by atoms with Crippen LogP contribution in [0.3, 0.4) is 0 Å². The summed E-state index contributed by atoms with van der Waals surface area (Å²) in [5, 5.41) is 7.46. The summed E-state index contributed by atoms with van der Waals surface area (Å²) in [6.07, 6.45) is 2.78. The predicted molar refractivity (Wildman–Crippen MR) is 75.5 cm³/mol. The number of fused-ring (bicyclic) bond motifs is 1. The molecule has 0 spiro atoms. The molecule has 1 atom stereocenters. The minimum absolute atomic E-state index is 0.223. The molecule has 0 fully saturated rings. The van der Waals surface area contributed by atoms with E-state index in [0.29, 0.717) is 11.7 Å². The molecule has 5 nitrogen and oxygen atoms in total. The van der Waals surface area contributed by atoms with Crippen molar-refractivity contribution in [1.82, 2.24) is 15.1 Å². The number of anilines is 1. The Kier molecular flexibility index (Phi) is 2.55. The monoisotopic (exact) mass is 266 g/mol. The number of para-hydroxylation sites is 1. The van der Waals surface area contributed by atoms with Crippen LogP contribution in [-0.2, 0) is 6.42 Å². The van der Waals surface area contributed by atoms with E-state index in [1.807, 2.05) is 24.4 Å². The van der Waals surface area contributed by atoms with Crippen LogP contribution >= 0.6 is 0 Å². The average Bonchev–Trinajstić information content (AvgIpc) is 3.17. The van der Waals surface area contributed by atoms with Gasteiger partial charge < -0.3 is 14.8 Å². The van der Waals surface area contributed by atoms with E-state index in [9.17, 15) is 0 Å². The normalized spacial score (nSPS) is 17.5. The maximum atomic E-state index is 5.42. The van der Waals surface area contributed by atoms with Crippen LogP contribution in [0, 0.1) is 0 Å². The van der Waals surface area contributed by atoms with E-state index in [1.165, 1.54) is 11.3 Å². The number of nitrogens with zero attached hydrogens (tertiary/aromatic N) is 2. The highest BCUT2D eigenvalue weighted by molar-refractivity contribution is 5.54. The fourth-order valence-corrected chi connectivity index (χ4v) is 2.60. The van der Waals surface area contributed by atoms with Crippen LogP contribution < -0.4 is 5.32 Å². The van der Waals surface area contributed by atoms with E-state index in [0.717, 1.165) is 18.7 Å². The van der Waals surface area contributed by atoms with Crippen LogP contribution in [0.4, 0.5) is 5.69 Å². The van der Waals surface area contributed by atoms with Gasteiger partial charge >= 0.3 is 0 Å². The highest BCUT2D eigenvalue weighted by atomic mass is 16.5. The van der Waals surface area contributed by atoms with Crippen molar-refractivity contribution in [1.29, 1.82) is 0 Å². The summed E-state index contributed by atoms with van der Waals surface area (Å²) in [5.41, 5.74) is 3.38. The SMILES string of the molecule is c1c[nH]c(-c2noc(C3CNc4ccccc4C3)n2)c1. The Balaban J connectivity index is 1.60. The van der Waals surface area contributed by atoms with Crippen LogP contribution in [0.1, 0.15) is 17.4 Å². The minimum Gasteiger partial charge on any atom is -0.384 e. The molecule has 1 aliphatic heterocycles. The molecule has 0 saturated carbocycles. The van der Waals surface area contributed by atoms with E-state index in [1.54, 1.807) is 0 Å². The molecule has 3 aromatic rings. The third-order valence-corrected chi connectivity index (χ3v) is 3.65. The molecule has 2 N–H and O–H groups in total. The highest BCUT2D eigenvalue weighted by Gasteiger charge is 2.24. The molecular weight excluding hydrogens is 252 g/mol. The highest BCUT2D eigenvalue weighted by Crippen LogP contribution is 2.30. The number of aromatic nitrogens is 3. The lowest BCUT2D eigenvalue weighted by Crippen LogP contribution is -2.21. The van der Waals surface area contributed by atoms with Gasteiger partial charge in [-0.2, -0.15) is 4.98 Å². The van der Waals surface area contributed by atoms with Gasteiger partial charge in [-0.25, -0.2) is 0 Å². The Hall–Kier alpha value is -2.56. The van der Waals surface area contributed by atoms with Crippen molar-refractivity contribution < 1.29 is 4.52 Å². The number of hydrogen-bond acceptors (Lipinski definition) is 4. The minimum atomic E-state index is 0.223. The maximum absolute atomic E-state index is 5.42. The molecule has 0 radical (unpaired) electrons. The molecule has 0 saturated heterocycles. The van der Waals surface area contributed by atoms with E-state index in [4.69, 9.17) is 4.52 Å². The molecule has 2 aromatic heterocycles. The smallest absolute Gasteiger partial charge is 0.232 e. The number of benzene rings is 1. The van der Waals surface area contributed by atoms with Gasteiger partial charge in [0.1, 0.15) is 0 Å². The maximum Gasteiger partial charge on any atom is 0.232 e. The molecule has 1 unspecified atom stereocenters.